The molecule has 1 aliphatic heterocycles. The van der Waals surface area contributed by atoms with Gasteiger partial charge in [-0.15, -0.1) is 0 Å². The van der Waals surface area contributed by atoms with Gasteiger partial charge in [0.05, 0.1) is 5.69 Å². The van der Waals surface area contributed by atoms with Gasteiger partial charge in [-0.1, -0.05) is 66.7 Å². The molecule has 7 heteroatoms. The molecule has 1 aliphatic rings. The van der Waals surface area contributed by atoms with Crippen molar-refractivity contribution >= 4 is 34.2 Å². The number of anilines is 1. The molecular formula is C32H30FN3O3. The maximum absolute atomic E-state index is 13.7. The first-order chi connectivity index (χ1) is 19.0. The number of rotatable bonds is 10. The van der Waals surface area contributed by atoms with E-state index in [1.54, 1.807) is 29.0 Å². The van der Waals surface area contributed by atoms with Gasteiger partial charge in [0, 0.05) is 43.9 Å². The third kappa shape index (κ3) is 5.53. The van der Waals surface area contributed by atoms with E-state index in [0.717, 1.165) is 27.6 Å². The standard InChI is InChI=1S/C32H30FN3O3/c1-34-31(38)28(20-22-8-3-2-4-9-22)36(21-23-15-17-25(33)18-16-23)29(37)14-7-19-35-27-13-6-11-24-10-5-12-26(30(24)27)32(35)39/h2-6,8-13,15-18,28H,7,14,19-21H2,1H3,(H,34,38). The average Bonchev–Trinajstić information content (AvgIpc) is 3.24. The highest BCUT2D eigenvalue weighted by Gasteiger charge is 2.31. The van der Waals surface area contributed by atoms with Crippen LogP contribution in [0.3, 0.4) is 0 Å². The van der Waals surface area contributed by atoms with Crippen molar-refractivity contribution in [2.45, 2.75) is 31.8 Å². The minimum absolute atomic E-state index is 0.0651. The summed E-state index contributed by atoms with van der Waals surface area (Å²) in [4.78, 5) is 43.2. The number of halogens is 1. The monoisotopic (exact) mass is 523 g/mol. The van der Waals surface area contributed by atoms with E-state index in [0.29, 0.717) is 24.9 Å². The van der Waals surface area contributed by atoms with Gasteiger partial charge in [0.2, 0.25) is 11.8 Å². The Kier molecular flexibility index (Phi) is 7.68. The van der Waals surface area contributed by atoms with Crippen molar-refractivity contribution in [1.29, 1.82) is 0 Å². The molecule has 0 radical (unpaired) electrons. The molecule has 39 heavy (non-hydrogen) atoms. The highest BCUT2D eigenvalue weighted by atomic mass is 19.1. The van der Waals surface area contributed by atoms with Crippen LogP contribution in [0.15, 0.2) is 91.0 Å². The molecule has 198 valence electrons. The van der Waals surface area contributed by atoms with Crippen molar-refractivity contribution in [2.75, 3.05) is 18.5 Å². The normalized spacial score (nSPS) is 13.0. The van der Waals surface area contributed by atoms with Gasteiger partial charge in [-0.2, -0.15) is 0 Å². The third-order valence-electron chi connectivity index (χ3n) is 7.21. The van der Waals surface area contributed by atoms with Crippen LogP contribution < -0.4 is 10.2 Å². The van der Waals surface area contributed by atoms with Gasteiger partial charge in [0.25, 0.3) is 5.91 Å². The molecule has 0 saturated carbocycles. The topological polar surface area (TPSA) is 69.7 Å². The van der Waals surface area contributed by atoms with Crippen LogP contribution in [-0.4, -0.2) is 42.3 Å². The van der Waals surface area contributed by atoms with E-state index in [4.69, 9.17) is 0 Å². The lowest BCUT2D eigenvalue weighted by atomic mass is 10.0. The van der Waals surface area contributed by atoms with Gasteiger partial charge in [0.15, 0.2) is 0 Å². The zero-order chi connectivity index (χ0) is 27.4. The number of likely N-dealkylation sites (N-methyl/N-ethyl adjacent to an activating group) is 1. The Bertz CT molecular complexity index is 1500. The minimum atomic E-state index is -0.749. The summed E-state index contributed by atoms with van der Waals surface area (Å²) in [5, 5.41) is 4.65. The molecule has 3 amide bonds. The Labute approximate surface area is 227 Å². The van der Waals surface area contributed by atoms with Crippen LogP contribution in [0.1, 0.15) is 34.3 Å². The van der Waals surface area contributed by atoms with Crippen molar-refractivity contribution in [3.63, 3.8) is 0 Å². The minimum Gasteiger partial charge on any atom is -0.357 e. The highest BCUT2D eigenvalue weighted by Crippen LogP contribution is 2.37. The van der Waals surface area contributed by atoms with E-state index in [9.17, 15) is 18.8 Å². The fourth-order valence-corrected chi connectivity index (χ4v) is 5.24. The van der Waals surface area contributed by atoms with Gasteiger partial charge in [-0.05, 0) is 47.2 Å². The number of hydrogen-bond donors (Lipinski definition) is 1. The first-order valence-corrected chi connectivity index (χ1v) is 13.1. The SMILES string of the molecule is CNC(=O)C(Cc1ccccc1)N(Cc1ccc(F)cc1)C(=O)CCCN1C(=O)c2cccc3cccc1c23. The summed E-state index contributed by atoms with van der Waals surface area (Å²) in [5.74, 6) is -0.905. The Morgan fingerprint density at radius 2 is 1.62 bits per heavy atom. The molecule has 1 heterocycles. The highest BCUT2D eigenvalue weighted by molar-refractivity contribution is 6.25. The van der Waals surface area contributed by atoms with E-state index in [1.165, 1.54) is 12.1 Å². The molecule has 0 aliphatic carbocycles. The van der Waals surface area contributed by atoms with Gasteiger partial charge in [-0.25, -0.2) is 4.39 Å². The lowest BCUT2D eigenvalue weighted by Gasteiger charge is -2.31. The fourth-order valence-electron chi connectivity index (χ4n) is 5.24. The lowest BCUT2D eigenvalue weighted by Crippen LogP contribution is -2.49. The van der Waals surface area contributed by atoms with E-state index in [1.807, 2.05) is 66.7 Å². The molecule has 1 atom stereocenters. The fraction of sp³-hybridized carbons (Fsp3) is 0.219. The van der Waals surface area contributed by atoms with Crippen LogP contribution in [0.4, 0.5) is 10.1 Å². The first kappa shape index (κ1) is 26.1. The van der Waals surface area contributed by atoms with E-state index in [2.05, 4.69) is 5.32 Å². The molecule has 5 rings (SSSR count). The molecule has 1 unspecified atom stereocenters. The molecule has 0 aromatic heterocycles. The molecule has 0 spiro atoms. The smallest absolute Gasteiger partial charge is 0.258 e. The second kappa shape index (κ2) is 11.5. The summed E-state index contributed by atoms with van der Waals surface area (Å²) in [5.41, 5.74) is 3.19. The van der Waals surface area contributed by atoms with Gasteiger partial charge in [0.1, 0.15) is 11.9 Å². The number of carbonyl (C=O) groups is 3. The van der Waals surface area contributed by atoms with Crippen LogP contribution in [-0.2, 0) is 22.6 Å². The molecule has 0 fully saturated rings. The van der Waals surface area contributed by atoms with Gasteiger partial charge in [-0.3, -0.25) is 14.4 Å². The molecule has 4 aromatic rings. The third-order valence-corrected chi connectivity index (χ3v) is 7.21. The maximum Gasteiger partial charge on any atom is 0.258 e. The van der Waals surface area contributed by atoms with E-state index < -0.39 is 6.04 Å². The van der Waals surface area contributed by atoms with E-state index >= 15 is 0 Å². The second-order valence-electron chi connectivity index (χ2n) is 9.71. The Hall–Kier alpha value is -4.52. The van der Waals surface area contributed by atoms with Crippen LogP contribution in [0.2, 0.25) is 0 Å². The second-order valence-corrected chi connectivity index (χ2v) is 9.71. The van der Waals surface area contributed by atoms with Crippen molar-refractivity contribution in [1.82, 2.24) is 10.2 Å². The summed E-state index contributed by atoms with van der Waals surface area (Å²) in [6, 6.07) is 26.3. The molecule has 1 N–H and O–H groups in total. The summed E-state index contributed by atoms with van der Waals surface area (Å²) >= 11 is 0. The Balaban J connectivity index is 1.35. The van der Waals surface area contributed by atoms with Crippen LogP contribution >= 0.6 is 0 Å². The van der Waals surface area contributed by atoms with E-state index in [-0.39, 0.29) is 36.5 Å². The predicted molar refractivity (Wildman–Crippen MR) is 150 cm³/mol. The maximum atomic E-state index is 13.7. The Morgan fingerprint density at radius 3 is 2.33 bits per heavy atom. The quantitative estimate of drug-likeness (QED) is 0.314. The van der Waals surface area contributed by atoms with Crippen LogP contribution in [0.25, 0.3) is 10.8 Å². The Morgan fingerprint density at radius 1 is 0.897 bits per heavy atom. The number of nitrogens with zero attached hydrogens (tertiary/aromatic N) is 2. The number of nitrogens with one attached hydrogen (secondary N) is 1. The summed E-state index contributed by atoms with van der Waals surface area (Å²) in [6.45, 7) is 0.545. The number of carbonyl (C=O) groups excluding carboxylic acids is 3. The summed E-state index contributed by atoms with van der Waals surface area (Å²) < 4.78 is 13.6. The van der Waals surface area contributed by atoms with Crippen LogP contribution in [0.5, 0.6) is 0 Å². The zero-order valence-corrected chi connectivity index (χ0v) is 21.8. The largest absolute Gasteiger partial charge is 0.357 e. The lowest BCUT2D eigenvalue weighted by molar-refractivity contribution is -0.141. The number of hydrogen-bond acceptors (Lipinski definition) is 3. The zero-order valence-electron chi connectivity index (χ0n) is 21.8. The number of benzene rings is 4. The van der Waals surface area contributed by atoms with Crippen molar-refractivity contribution in [2.24, 2.45) is 0 Å². The van der Waals surface area contributed by atoms with Crippen molar-refractivity contribution in [3.8, 4) is 0 Å². The predicted octanol–water partition coefficient (Wildman–Crippen LogP) is 5.11. The first-order valence-electron chi connectivity index (χ1n) is 13.1. The van der Waals surface area contributed by atoms with Gasteiger partial charge >= 0.3 is 0 Å². The van der Waals surface area contributed by atoms with Crippen molar-refractivity contribution < 1.29 is 18.8 Å². The van der Waals surface area contributed by atoms with Crippen molar-refractivity contribution in [3.05, 3.63) is 114 Å². The molecular weight excluding hydrogens is 493 g/mol. The number of amides is 3. The molecule has 0 bridgehead atoms. The average molecular weight is 524 g/mol. The summed E-state index contributed by atoms with van der Waals surface area (Å²) in [7, 11) is 1.55. The molecule has 4 aromatic carbocycles. The summed E-state index contributed by atoms with van der Waals surface area (Å²) in [6.07, 6.45) is 0.926. The molecule has 6 nitrogen and oxygen atoms in total. The molecule has 0 saturated heterocycles. The van der Waals surface area contributed by atoms with Gasteiger partial charge < -0.3 is 15.1 Å². The van der Waals surface area contributed by atoms with Crippen LogP contribution in [0, 0.1) is 5.82 Å².